The molecule has 2 aliphatic heterocycles. The van der Waals surface area contributed by atoms with Crippen LogP contribution < -0.4 is 5.32 Å². The van der Waals surface area contributed by atoms with E-state index in [1.165, 1.54) is 38.9 Å². The second-order valence-corrected chi connectivity index (χ2v) is 7.65. The van der Waals surface area contributed by atoms with Crippen molar-refractivity contribution >= 4 is 6.41 Å². The van der Waals surface area contributed by atoms with E-state index in [4.69, 9.17) is 0 Å². The van der Waals surface area contributed by atoms with Crippen molar-refractivity contribution in [2.24, 2.45) is 5.92 Å². The normalized spacial score (nSPS) is 20.6. The van der Waals surface area contributed by atoms with Crippen molar-refractivity contribution in [1.29, 1.82) is 0 Å². The Labute approximate surface area is 150 Å². The second-order valence-electron chi connectivity index (χ2n) is 7.65. The minimum absolute atomic E-state index is 0.425. The third-order valence-electron chi connectivity index (χ3n) is 4.70. The average molecular weight is 343 g/mol. The van der Waals surface area contributed by atoms with Crippen molar-refractivity contribution in [3.05, 3.63) is 0 Å². The van der Waals surface area contributed by atoms with E-state index >= 15 is 0 Å². The van der Waals surface area contributed by atoms with Gasteiger partial charge in [0, 0.05) is 6.04 Å². The van der Waals surface area contributed by atoms with Crippen LogP contribution in [0.15, 0.2) is 0 Å². The van der Waals surface area contributed by atoms with E-state index in [2.05, 4.69) is 62.1 Å². The number of hydrogen-bond donors (Lipinski definition) is 1. The summed E-state index contributed by atoms with van der Waals surface area (Å²) in [6, 6.07) is 0.425. The molecule has 5 nitrogen and oxygen atoms in total. The minimum atomic E-state index is 0.425. The fraction of sp³-hybridized carbons (Fsp3) is 0.947. The second kappa shape index (κ2) is 14.7. The summed E-state index contributed by atoms with van der Waals surface area (Å²) in [5.41, 5.74) is 0. The molecule has 2 rings (SSSR count). The first-order valence-electron chi connectivity index (χ1n) is 9.60. The van der Waals surface area contributed by atoms with Crippen molar-refractivity contribution in [3.8, 4) is 0 Å². The quantitative estimate of drug-likeness (QED) is 0.795. The number of piperidine rings is 2. The molecule has 0 spiro atoms. The summed E-state index contributed by atoms with van der Waals surface area (Å²) in [6.45, 7) is 10.5. The zero-order valence-electron chi connectivity index (χ0n) is 17.1. The van der Waals surface area contributed by atoms with Crippen LogP contribution >= 0.6 is 0 Å². The molecule has 0 aromatic rings. The fourth-order valence-electron chi connectivity index (χ4n) is 2.86. The van der Waals surface area contributed by atoms with Crippen LogP contribution in [0.4, 0.5) is 0 Å². The van der Waals surface area contributed by atoms with Gasteiger partial charge < -0.3 is 20.0 Å². The Hall–Kier alpha value is -0.650. The van der Waals surface area contributed by atoms with Gasteiger partial charge in [0.2, 0.25) is 6.41 Å². The highest BCUT2D eigenvalue weighted by Gasteiger charge is 2.14. The van der Waals surface area contributed by atoms with Crippen LogP contribution in [0.2, 0.25) is 0 Å². The Kier molecular flexibility index (Phi) is 14.3. The van der Waals surface area contributed by atoms with Crippen LogP contribution in [-0.4, -0.2) is 88.1 Å². The van der Waals surface area contributed by atoms with Crippen LogP contribution in [0, 0.1) is 5.92 Å². The van der Waals surface area contributed by atoms with Crippen molar-refractivity contribution in [2.75, 3.05) is 60.9 Å². The largest absolute Gasteiger partial charge is 0.356 e. The van der Waals surface area contributed by atoms with Crippen molar-refractivity contribution in [1.82, 2.24) is 20.0 Å². The summed E-state index contributed by atoms with van der Waals surface area (Å²) in [5.74, 6) is 0.978. The molecule has 0 aliphatic carbocycles. The maximum Gasteiger partial charge on any atom is 0.207 e. The Morgan fingerprint density at radius 2 is 1.46 bits per heavy atom. The number of amides is 1. The number of nitrogens with zero attached hydrogens (tertiary/aromatic N) is 3. The van der Waals surface area contributed by atoms with Crippen molar-refractivity contribution < 1.29 is 4.79 Å². The lowest BCUT2D eigenvalue weighted by Gasteiger charge is -2.28. The van der Waals surface area contributed by atoms with Crippen LogP contribution in [0.25, 0.3) is 0 Å². The van der Waals surface area contributed by atoms with E-state index in [0.29, 0.717) is 6.04 Å². The molecule has 0 radical (unpaired) electrons. The molecule has 2 saturated heterocycles. The SMILES string of the molecule is CC1CCN(C)CC1.CCCN(C)C.CN1CCC(NC=O)CC1. The van der Waals surface area contributed by atoms with Gasteiger partial charge >= 0.3 is 0 Å². The summed E-state index contributed by atoms with van der Waals surface area (Å²) >= 11 is 0. The third-order valence-corrected chi connectivity index (χ3v) is 4.70. The summed E-state index contributed by atoms with van der Waals surface area (Å²) in [5, 5.41) is 2.80. The van der Waals surface area contributed by atoms with Gasteiger partial charge in [-0.05, 0) is 98.9 Å². The summed E-state index contributed by atoms with van der Waals surface area (Å²) < 4.78 is 0. The molecule has 2 fully saturated rings. The van der Waals surface area contributed by atoms with E-state index in [1.807, 2.05) is 0 Å². The average Bonchev–Trinajstić information content (AvgIpc) is 2.54. The van der Waals surface area contributed by atoms with Gasteiger partial charge in [-0.25, -0.2) is 0 Å². The predicted molar refractivity (Wildman–Crippen MR) is 104 cm³/mol. The van der Waals surface area contributed by atoms with E-state index < -0.39 is 0 Å². The zero-order chi connectivity index (χ0) is 18.4. The topological polar surface area (TPSA) is 38.8 Å². The third kappa shape index (κ3) is 13.8. The lowest BCUT2D eigenvalue weighted by atomic mass is 10.00. The molecule has 5 heteroatoms. The monoisotopic (exact) mass is 342 g/mol. The van der Waals surface area contributed by atoms with E-state index in [9.17, 15) is 4.79 Å². The van der Waals surface area contributed by atoms with Crippen LogP contribution in [0.3, 0.4) is 0 Å². The minimum Gasteiger partial charge on any atom is -0.356 e. The number of hydrogen-bond acceptors (Lipinski definition) is 4. The van der Waals surface area contributed by atoms with Crippen molar-refractivity contribution in [2.45, 2.75) is 52.0 Å². The van der Waals surface area contributed by atoms with Gasteiger partial charge in [0.15, 0.2) is 0 Å². The van der Waals surface area contributed by atoms with Gasteiger partial charge in [-0.2, -0.15) is 0 Å². The molecule has 1 amide bonds. The predicted octanol–water partition coefficient (Wildman–Crippen LogP) is 2.13. The molecule has 0 saturated carbocycles. The lowest BCUT2D eigenvalue weighted by Crippen LogP contribution is -2.40. The Morgan fingerprint density at radius 3 is 1.75 bits per heavy atom. The lowest BCUT2D eigenvalue weighted by molar-refractivity contribution is -0.110. The molecule has 24 heavy (non-hydrogen) atoms. The molecule has 0 bridgehead atoms. The molecule has 0 aromatic carbocycles. The number of likely N-dealkylation sites (tertiary alicyclic amines) is 2. The van der Waals surface area contributed by atoms with Gasteiger partial charge in [0.05, 0.1) is 0 Å². The first-order valence-corrected chi connectivity index (χ1v) is 9.60. The molecule has 2 heterocycles. The van der Waals surface area contributed by atoms with E-state index in [0.717, 1.165) is 38.3 Å². The molecule has 0 atom stereocenters. The highest BCUT2D eigenvalue weighted by Crippen LogP contribution is 2.13. The molecule has 0 aromatic heterocycles. The standard InChI is InChI=1S/C7H14N2O.C7H15N.C5H13N/c1-9-4-2-7(3-5-9)8-6-10;1-7-3-5-8(2)6-4-7;1-4-5-6(2)3/h6-7H,2-5H2,1H3,(H,8,10);7H,3-6H2,1-2H3;4-5H2,1-3H3. The number of rotatable bonds is 4. The molecule has 2 aliphatic rings. The summed E-state index contributed by atoms with van der Waals surface area (Å²) in [4.78, 5) is 16.9. The van der Waals surface area contributed by atoms with Gasteiger partial charge in [-0.1, -0.05) is 13.8 Å². The Balaban J connectivity index is 0.000000343. The first kappa shape index (κ1) is 23.4. The number of carbonyl (C=O) groups excluding carboxylic acids is 1. The van der Waals surface area contributed by atoms with Gasteiger partial charge in [0.25, 0.3) is 0 Å². The zero-order valence-corrected chi connectivity index (χ0v) is 17.1. The highest BCUT2D eigenvalue weighted by atomic mass is 16.1. The van der Waals surface area contributed by atoms with Gasteiger partial charge in [-0.15, -0.1) is 0 Å². The highest BCUT2D eigenvalue weighted by molar-refractivity contribution is 5.46. The number of nitrogens with one attached hydrogen (secondary N) is 1. The fourth-order valence-corrected chi connectivity index (χ4v) is 2.86. The number of carbonyl (C=O) groups is 1. The summed E-state index contributed by atoms with van der Waals surface area (Å²) in [7, 11) is 8.48. The molecular weight excluding hydrogens is 300 g/mol. The van der Waals surface area contributed by atoms with Crippen LogP contribution in [-0.2, 0) is 4.79 Å². The maximum atomic E-state index is 10.0. The molecule has 144 valence electrons. The Bertz CT molecular complexity index is 273. The maximum absolute atomic E-state index is 10.0. The summed E-state index contributed by atoms with van der Waals surface area (Å²) in [6.07, 6.45) is 7.04. The van der Waals surface area contributed by atoms with Crippen LogP contribution in [0.5, 0.6) is 0 Å². The molecule has 1 N–H and O–H groups in total. The van der Waals surface area contributed by atoms with Gasteiger partial charge in [0.1, 0.15) is 0 Å². The Morgan fingerprint density at radius 1 is 1.00 bits per heavy atom. The smallest absolute Gasteiger partial charge is 0.207 e. The van der Waals surface area contributed by atoms with E-state index in [1.54, 1.807) is 0 Å². The molecular formula is C19H42N4O. The van der Waals surface area contributed by atoms with Crippen LogP contribution in [0.1, 0.15) is 46.0 Å². The van der Waals surface area contributed by atoms with E-state index in [-0.39, 0.29) is 0 Å². The van der Waals surface area contributed by atoms with Crippen molar-refractivity contribution in [3.63, 3.8) is 0 Å². The first-order chi connectivity index (χ1) is 11.4. The van der Waals surface area contributed by atoms with Gasteiger partial charge in [-0.3, -0.25) is 4.79 Å². The molecule has 0 unspecified atom stereocenters.